The Morgan fingerprint density at radius 3 is 2.47 bits per heavy atom. The Bertz CT molecular complexity index is 449. The zero-order chi connectivity index (χ0) is 14.3. The first kappa shape index (κ1) is 14.8. The number of aromatic carboxylic acids is 1. The highest BCUT2D eigenvalue weighted by Gasteiger charge is 2.11. The van der Waals surface area contributed by atoms with Crippen LogP contribution in [0.15, 0.2) is 36.9 Å². The maximum absolute atomic E-state index is 11.1. The molecule has 0 radical (unpaired) electrons. The predicted molar refractivity (Wildman–Crippen MR) is 69.3 cm³/mol. The molecule has 0 spiro atoms. The van der Waals surface area contributed by atoms with Crippen molar-refractivity contribution in [2.24, 2.45) is 0 Å². The Kier molecular flexibility index (Phi) is 5.60. The van der Waals surface area contributed by atoms with Gasteiger partial charge >= 0.3 is 11.9 Å². The molecule has 0 saturated heterocycles. The number of ether oxygens (including phenoxy) is 2. The van der Waals surface area contributed by atoms with Gasteiger partial charge in [-0.05, 0) is 30.7 Å². The van der Waals surface area contributed by atoms with Crippen molar-refractivity contribution in [3.8, 4) is 5.75 Å². The summed E-state index contributed by atoms with van der Waals surface area (Å²) >= 11 is 0. The normalized spacial score (nSPS) is 11.4. The van der Waals surface area contributed by atoms with Gasteiger partial charge in [0.2, 0.25) is 0 Å². The van der Waals surface area contributed by atoms with Gasteiger partial charge in [0.25, 0.3) is 0 Å². The van der Waals surface area contributed by atoms with Gasteiger partial charge in [-0.15, -0.1) is 0 Å². The van der Waals surface area contributed by atoms with Crippen molar-refractivity contribution in [1.82, 2.24) is 0 Å². The van der Waals surface area contributed by atoms with E-state index in [1.165, 1.54) is 12.1 Å². The maximum Gasteiger partial charge on any atom is 0.335 e. The summed E-state index contributed by atoms with van der Waals surface area (Å²) in [6, 6.07) is 6.03. The molecular weight excluding hydrogens is 248 g/mol. The number of carboxylic acid groups (broad SMARTS) is 1. The smallest absolute Gasteiger partial charge is 0.335 e. The molecule has 0 aliphatic carbocycles. The van der Waals surface area contributed by atoms with Crippen LogP contribution < -0.4 is 4.74 Å². The predicted octanol–water partition coefficient (Wildman–Crippen LogP) is 2.27. The second-order valence-corrected chi connectivity index (χ2v) is 3.81. The minimum Gasteiger partial charge on any atom is -0.490 e. The number of carbonyl (C=O) groups is 2. The third kappa shape index (κ3) is 4.83. The van der Waals surface area contributed by atoms with Gasteiger partial charge in [0.05, 0.1) is 5.56 Å². The monoisotopic (exact) mass is 264 g/mol. The van der Waals surface area contributed by atoms with Crippen LogP contribution in [0.5, 0.6) is 5.75 Å². The Hall–Kier alpha value is -2.30. The quantitative estimate of drug-likeness (QED) is 0.604. The molecule has 1 atom stereocenters. The lowest BCUT2D eigenvalue weighted by Gasteiger charge is -2.16. The van der Waals surface area contributed by atoms with E-state index in [-0.39, 0.29) is 18.3 Å². The molecular formula is C14H16O5. The van der Waals surface area contributed by atoms with Crippen LogP contribution in [0, 0.1) is 0 Å². The number of benzene rings is 1. The first-order valence-electron chi connectivity index (χ1n) is 5.86. The van der Waals surface area contributed by atoms with E-state index in [9.17, 15) is 9.59 Å². The van der Waals surface area contributed by atoms with E-state index in [1.54, 1.807) is 12.1 Å². The van der Waals surface area contributed by atoms with Crippen molar-refractivity contribution in [1.29, 1.82) is 0 Å². The molecule has 1 N–H and O–H groups in total. The summed E-state index contributed by atoms with van der Waals surface area (Å²) in [5.74, 6) is -0.951. The standard InChI is InChI=1S/C14H16O5/c1-3-11(19-13(15)4-2)9-18-12-7-5-10(6-8-12)14(16)17/h4-8,11H,2-3,9H2,1H3,(H,16,17). The topological polar surface area (TPSA) is 72.8 Å². The van der Waals surface area contributed by atoms with Crippen molar-refractivity contribution in [2.45, 2.75) is 19.4 Å². The largest absolute Gasteiger partial charge is 0.490 e. The van der Waals surface area contributed by atoms with E-state index in [2.05, 4.69) is 6.58 Å². The minimum atomic E-state index is -0.988. The Labute approximate surface area is 111 Å². The molecule has 0 aliphatic rings. The Morgan fingerprint density at radius 1 is 1.37 bits per heavy atom. The van der Waals surface area contributed by atoms with Gasteiger partial charge in [-0.25, -0.2) is 9.59 Å². The molecule has 1 aromatic rings. The van der Waals surface area contributed by atoms with Crippen LogP contribution in [0.2, 0.25) is 0 Å². The number of esters is 1. The number of carbonyl (C=O) groups excluding carboxylic acids is 1. The lowest BCUT2D eigenvalue weighted by molar-refractivity contribution is -0.144. The van der Waals surface area contributed by atoms with Crippen molar-refractivity contribution in [3.05, 3.63) is 42.5 Å². The molecule has 1 aromatic carbocycles. The highest BCUT2D eigenvalue weighted by molar-refractivity contribution is 5.87. The average Bonchev–Trinajstić information content (AvgIpc) is 2.43. The van der Waals surface area contributed by atoms with E-state index >= 15 is 0 Å². The van der Waals surface area contributed by atoms with Crippen molar-refractivity contribution >= 4 is 11.9 Å². The lowest BCUT2D eigenvalue weighted by Crippen LogP contribution is -2.23. The van der Waals surface area contributed by atoms with Gasteiger partial charge in [0.1, 0.15) is 18.5 Å². The highest BCUT2D eigenvalue weighted by Crippen LogP contribution is 2.13. The van der Waals surface area contributed by atoms with Gasteiger partial charge in [-0.1, -0.05) is 13.5 Å². The third-order valence-corrected chi connectivity index (χ3v) is 2.44. The van der Waals surface area contributed by atoms with Gasteiger partial charge < -0.3 is 14.6 Å². The molecule has 1 unspecified atom stereocenters. The van der Waals surface area contributed by atoms with Crippen LogP contribution in [-0.2, 0) is 9.53 Å². The van der Waals surface area contributed by atoms with Crippen molar-refractivity contribution < 1.29 is 24.2 Å². The van der Waals surface area contributed by atoms with E-state index in [1.807, 2.05) is 6.92 Å². The zero-order valence-corrected chi connectivity index (χ0v) is 10.7. The third-order valence-electron chi connectivity index (χ3n) is 2.44. The molecule has 0 heterocycles. The van der Waals surface area contributed by atoms with Crippen LogP contribution in [0.4, 0.5) is 0 Å². The molecule has 0 bridgehead atoms. The summed E-state index contributed by atoms with van der Waals surface area (Å²) < 4.78 is 10.5. The molecule has 0 amide bonds. The zero-order valence-electron chi connectivity index (χ0n) is 10.7. The molecule has 5 heteroatoms. The first-order valence-corrected chi connectivity index (χ1v) is 5.86. The minimum absolute atomic E-state index is 0.192. The van der Waals surface area contributed by atoms with E-state index in [4.69, 9.17) is 14.6 Å². The van der Waals surface area contributed by atoms with E-state index in [0.29, 0.717) is 12.2 Å². The summed E-state index contributed by atoms with van der Waals surface area (Å²) in [6.45, 7) is 5.41. The number of carboxylic acids is 1. The number of hydrogen-bond acceptors (Lipinski definition) is 4. The SMILES string of the molecule is C=CC(=O)OC(CC)COc1ccc(C(=O)O)cc1. The Morgan fingerprint density at radius 2 is 2.00 bits per heavy atom. The summed E-state index contributed by atoms with van der Waals surface area (Å²) in [6.07, 6.45) is 1.36. The van der Waals surface area contributed by atoms with Crippen LogP contribution in [0.1, 0.15) is 23.7 Å². The van der Waals surface area contributed by atoms with Crippen LogP contribution in [0.3, 0.4) is 0 Å². The fourth-order valence-electron chi connectivity index (χ4n) is 1.33. The van der Waals surface area contributed by atoms with Gasteiger partial charge in [-0.2, -0.15) is 0 Å². The van der Waals surface area contributed by atoms with Crippen LogP contribution >= 0.6 is 0 Å². The molecule has 1 rings (SSSR count). The molecule has 0 fully saturated rings. The number of hydrogen-bond donors (Lipinski definition) is 1. The van der Waals surface area contributed by atoms with Crippen molar-refractivity contribution in [3.63, 3.8) is 0 Å². The average molecular weight is 264 g/mol. The number of rotatable bonds is 7. The fraction of sp³-hybridized carbons (Fsp3) is 0.286. The fourth-order valence-corrected chi connectivity index (χ4v) is 1.33. The summed E-state index contributed by atoms with van der Waals surface area (Å²) in [5.41, 5.74) is 0.192. The molecule has 19 heavy (non-hydrogen) atoms. The molecule has 0 aliphatic heterocycles. The molecule has 102 valence electrons. The second kappa shape index (κ2) is 7.20. The summed E-state index contributed by atoms with van der Waals surface area (Å²) in [4.78, 5) is 21.7. The summed E-state index contributed by atoms with van der Waals surface area (Å²) in [7, 11) is 0. The molecule has 0 aromatic heterocycles. The second-order valence-electron chi connectivity index (χ2n) is 3.81. The van der Waals surface area contributed by atoms with Gasteiger partial charge in [-0.3, -0.25) is 0 Å². The first-order chi connectivity index (χ1) is 9.06. The molecule has 0 saturated carbocycles. The lowest BCUT2D eigenvalue weighted by atomic mass is 10.2. The highest BCUT2D eigenvalue weighted by atomic mass is 16.6. The van der Waals surface area contributed by atoms with Crippen molar-refractivity contribution in [2.75, 3.05) is 6.61 Å². The van der Waals surface area contributed by atoms with Gasteiger partial charge in [0, 0.05) is 6.08 Å². The van der Waals surface area contributed by atoms with E-state index in [0.717, 1.165) is 6.08 Å². The van der Waals surface area contributed by atoms with Gasteiger partial charge in [0.15, 0.2) is 0 Å². The van der Waals surface area contributed by atoms with Crippen LogP contribution in [-0.4, -0.2) is 29.8 Å². The Balaban J connectivity index is 2.52. The van der Waals surface area contributed by atoms with E-state index < -0.39 is 11.9 Å². The maximum atomic E-state index is 11.1. The summed E-state index contributed by atoms with van der Waals surface area (Å²) in [5, 5.41) is 8.75. The molecule has 5 nitrogen and oxygen atoms in total. The van der Waals surface area contributed by atoms with Crippen LogP contribution in [0.25, 0.3) is 0 Å².